The van der Waals surface area contributed by atoms with Crippen LogP contribution in [0.15, 0.2) is 4.47 Å². The second-order valence-electron chi connectivity index (χ2n) is 3.65. The van der Waals surface area contributed by atoms with Crippen LogP contribution in [0.25, 0.3) is 0 Å². The SMILES string of the molecule is COC(=O)c1c(O)c(Br)c2c(c1CBr)C(=O)OC2Br. The van der Waals surface area contributed by atoms with Crippen LogP contribution in [0.1, 0.15) is 36.9 Å². The van der Waals surface area contributed by atoms with E-state index in [0.717, 1.165) is 0 Å². The smallest absolute Gasteiger partial charge is 0.342 e. The molecule has 1 heterocycles. The number of esters is 2. The van der Waals surface area contributed by atoms with Crippen molar-refractivity contribution in [2.75, 3.05) is 7.11 Å². The van der Waals surface area contributed by atoms with Gasteiger partial charge in [-0.1, -0.05) is 15.9 Å². The van der Waals surface area contributed by atoms with E-state index in [1.54, 1.807) is 0 Å². The molecule has 1 aliphatic heterocycles. The van der Waals surface area contributed by atoms with Gasteiger partial charge >= 0.3 is 11.9 Å². The molecule has 2 rings (SSSR count). The Morgan fingerprint density at radius 2 is 2.16 bits per heavy atom. The number of phenolic OH excluding ortho intramolecular Hbond substituents is 1. The topological polar surface area (TPSA) is 72.8 Å². The maximum Gasteiger partial charge on any atom is 0.342 e. The fourth-order valence-corrected chi connectivity index (χ4v) is 3.99. The summed E-state index contributed by atoms with van der Waals surface area (Å²) in [6.07, 6.45) is 0. The molecule has 0 spiro atoms. The number of aromatic hydroxyl groups is 1. The average Bonchev–Trinajstić information content (AvgIpc) is 2.68. The fourth-order valence-electron chi connectivity index (χ4n) is 1.89. The number of halogens is 3. The zero-order valence-electron chi connectivity index (χ0n) is 9.50. The summed E-state index contributed by atoms with van der Waals surface area (Å²) >= 11 is 9.57. The Labute approximate surface area is 133 Å². The van der Waals surface area contributed by atoms with Gasteiger partial charge in [-0.3, -0.25) is 0 Å². The standard InChI is InChI=1S/C11H7Br3O5/c1-18-10(16)5-3(2-12)4-6(7(13)8(5)15)9(14)19-11(4)17/h9,15H,2H2,1H3. The van der Waals surface area contributed by atoms with E-state index in [2.05, 4.69) is 52.5 Å². The van der Waals surface area contributed by atoms with Crippen LogP contribution in [0.5, 0.6) is 5.75 Å². The van der Waals surface area contributed by atoms with Crippen LogP contribution in [0.3, 0.4) is 0 Å². The fraction of sp³-hybridized carbons (Fsp3) is 0.273. The zero-order valence-corrected chi connectivity index (χ0v) is 14.3. The van der Waals surface area contributed by atoms with Crippen LogP contribution in [0, 0.1) is 0 Å². The lowest BCUT2D eigenvalue weighted by Crippen LogP contribution is -2.11. The van der Waals surface area contributed by atoms with E-state index in [1.807, 2.05) is 0 Å². The van der Waals surface area contributed by atoms with Crippen molar-refractivity contribution < 1.29 is 24.2 Å². The van der Waals surface area contributed by atoms with Crippen molar-refractivity contribution in [2.45, 2.75) is 10.3 Å². The monoisotopic (exact) mass is 456 g/mol. The number of phenols is 1. The summed E-state index contributed by atoms with van der Waals surface area (Å²) in [6.45, 7) is 0. The first-order chi connectivity index (χ1) is 8.93. The van der Waals surface area contributed by atoms with Crippen LogP contribution >= 0.6 is 47.8 Å². The van der Waals surface area contributed by atoms with Gasteiger partial charge in [-0.05, 0) is 37.4 Å². The Bertz CT molecular complexity index is 584. The van der Waals surface area contributed by atoms with E-state index >= 15 is 0 Å². The number of ether oxygens (including phenoxy) is 2. The molecule has 1 atom stereocenters. The van der Waals surface area contributed by atoms with Crippen molar-refractivity contribution in [1.82, 2.24) is 0 Å². The van der Waals surface area contributed by atoms with Crippen LogP contribution in [-0.2, 0) is 14.8 Å². The molecule has 0 fully saturated rings. The van der Waals surface area contributed by atoms with Crippen molar-refractivity contribution in [3.63, 3.8) is 0 Å². The predicted molar refractivity (Wildman–Crippen MR) is 76.9 cm³/mol. The molecular formula is C11H7Br3O5. The van der Waals surface area contributed by atoms with Gasteiger partial charge < -0.3 is 14.6 Å². The van der Waals surface area contributed by atoms with Gasteiger partial charge in [-0.15, -0.1) is 0 Å². The van der Waals surface area contributed by atoms with E-state index < -0.39 is 17.0 Å². The maximum atomic E-state index is 11.9. The number of hydrogen-bond donors (Lipinski definition) is 1. The molecule has 0 aliphatic carbocycles. The molecule has 0 amide bonds. The summed E-state index contributed by atoms with van der Waals surface area (Å²) in [6, 6.07) is 0. The van der Waals surface area contributed by atoms with Gasteiger partial charge in [-0.2, -0.15) is 0 Å². The summed E-state index contributed by atoms with van der Waals surface area (Å²) < 4.78 is 9.91. The number of cyclic esters (lactones) is 1. The minimum absolute atomic E-state index is 0.0523. The molecule has 0 aromatic heterocycles. The first kappa shape index (κ1) is 14.8. The molecule has 0 saturated heterocycles. The van der Waals surface area contributed by atoms with E-state index in [-0.39, 0.29) is 26.7 Å². The summed E-state index contributed by atoms with van der Waals surface area (Å²) in [5.74, 6) is -1.55. The van der Waals surface area contributed by atoms with Crippen molar-refractivity contribution in [2.24, 2.45) is 0 Å². The Kier molecular flexibility index (Phi) is 4.22. The summed E-state index contributed by atoms with van der Waals surface area (Å²) in [7, 11) is 1.20. The molecule has 0 radical (unpaired) electrons. The number of rotatable bonds is 2. The molecular weight excluding hydrogens is 452 g/mol. The van der Waals surface area contributed by atoms with Crippen LogP contribution in [0.4, 0.5) is 0 Å². The number of benzene rings is 1. The molecule has 0 saturated carbocycles. The molecule has 19 heavy (non-hydrogen) atoms. The van der Waals surface area contributed by atoms with Crippen LogP contribution in [0.2, 0.25) is 0 Å². The highest BCUT2D eigenvalue weighted by Gasteiger charge is 2.38. The van der Waals surface area contributed by atoms with Gasteiger partial charge in [0.25, 0.3) is 0 Å². The minimum Gasteiger partial charge on any atom is -0.506 e. The van der Waals surface area contributed by atoms with E-state index in [1.165, 1.54) is 7.11 Å². The number of fused-ring (bicyclic) bond motifs is 1. The number of methoxy groups -OCH3 is 1. The lowest BCUT2D eigenvalue weighted by Gasteiger charge is -2.14. The van der Waals surface area contributed by atoms with Gasteiger partial charge in [0.15, 0.2) is 5.01 Å². The first-order valence-electron chi connectivity index (χ1n) is 5.00. The highest BCUT2D eigenvalue weighted by molar-refractivity contribution is 9.11. The van der Waals surface area contributed by atoms with Gasteiger partial charge in [0.05, 0.1) is 17.1 Å². The van der Waals surface area contributed by atoms with Crippen molar-refractivity contribution in [3.05, 3.63) is 26.7 Å². The summed E-state index contributed by atoms with van der Waals surface area (Å²) in [5, 5.41) is 9.66. The predicted octanol–water partition coefficient (Wildman–Crippen LogP) is 3.40. The number of carbonyl (C=O) groups is 2. The largest absolute Gasteiger partial charge is 0.506 e. The molecule has 102 valence electrons. The molecule has 1 aliphatic rings. The molecule has 0 bridgehead atoms. The average molecular weight is 459 g/mol. The normalized spacial score (nSPS) is 17.1. The molecule has 1 N–H and O–H groups in total. The number of hydrogen-bond acceptors (Lipinski definition) is 5. The molecule has 1 unspecified atom stereocenters. The molecule has 1 aromatic rings. The lowest BCUT2D eigenvalue weighted by molar-refractivity contribution is 0.0529. The third-order valence-corrected chi connectivity index (χ3v) is 4.73. The number of alkyl halides is 2. The minimum atomic E-state index is -0.721. The van der Waals surface area contributed by atoms with Gasteiger partial charge in [-0.25, -0.2) is 9.59 Å². The Morgan fingerprint density at radius 3 is 2.68 bits per heavy atom. The maximum absolute atomic E-state index is 11.9. The lowest BCUT2D eigenvalue weighted by atomic mass is 9.97. The summed E-state index contributed by atoms with van der Waals surface area (Å²) in [5.41, 5.74) is 1.01. The van der Waals surface area contributed by atoms with Gasteiger partial charge in [0, 0.05) is 10.9 Å². The Morgan fingerprint density at radius 1 is 1.53 bits per heavy atom. The molecule has 1 aromatic carbocycles. The highest BCUT2D eigenvalue weighted by atomic mass is 79.9. The van der Waals surface area contributed by atoms with Crippen molar-refractivity contribution >= 4 is 59.7 Å². The first-order valence-corrected chi connectivity index (χ1v) is 7.83. The third kappa shape index (κ3) is 2.19. The van der Waals surface area contributed by atoms with Gasteiger partial charge in [0.2, 0.25) is 0 Å². The van der Waals surface area contributed by atoms with E-state index in [9.17, 15) is 14.7 Å². The number of carbonyl (C=O) groups excluding carboxylic acids is 2. The second kappa shape index (κ2) is 5.41. The molecule has 8 heteroatoms. The van der Waals surface area contributed by atoms with E-state index in [4.69, 9.17) is 4.74 Å². The van der Waals surface area contributed by atoms with Crippen LogP contribution < -0.4 is 0 Å². The quantitative estimate of drug-likeness (QED) is 0.543. The summed E-state index contributed by atoms with van der Waals surface area (Å²) in [4.78, 5) is 23.6. The van der Waals surface area contributed by atoms with Crippen molar-refractivity contribution in [1.29, 1.82) is 0 Å². The van der Waals surface area contributed by atoms with Crippen molar-refractivity contribution in [3.8, 4) is 5.75 Å². The molecule has 5 nitrogen and oxygen atoms in total. The second-order valence-corrected chi connectivity index (χ2v) is 5.84. The zero-order chi connectivity index (χ0) is 14.3. The Hall–Kier alpha value is -0.600. The van der Waals surface area contributed by atoms with Crippen LogP contribution in [-0.4, -0.2) is 24.2 Å². The van der Waals surface area contributed by atoms with Gasteiger partial charge in [0.1, 0.15) is 11.3 Å². The third-order valence-electron chi connectivity index (χ3n) is 2.72. The Balaban J connectivity index is 2.86. The highest BCUT2D eigenvalue weighted by Crippen LogP contribution is 2.47. The van der Waals surface area contributed by atoms with E-state index in [0.29, 0.717) is 11.1 Å².